The molecule has 0 unspecified atom stereocenters. The third-order valence-electron chi connectivity index (χ3n) is 16.6. The fraction of sp³-hybridized carbons (Fsp3) is 0. The van der Waals surface area contributed by atoms with E-state index in [0.717, 1.165) is 11.4 Å². The van der Waals surface area contributed by atoms with Crippen molar-refractivity contribution in [1.82, 2.24) is 9.13 Å². The highest BCUT2D eigenvalue weighted by Crippen LogP contribution is 2.43. The molecule has 15 rings (SSSR count). The van der Waals surface area contributed by atoms with Gasteiger partial charge in [-0.15, -0.1) is 0 Å². The predicted molar refractivity (Wildman–Crippen MR) is 327 cm³/mol. The van der Waals surface area contributed by atoms with E-state index in [1.54, 1.807) is 0 Å². The second-order valence-corrected chi connectivity index (χ2v) is 27.8. The van der Waals surface area contributed by atoms with Gasteiger partial charge in [-0.25, -0.2) is 0 Å². The van der Waals surface area contributed by atoms with Crippen molar-refractivity contribution >= 4 is 101 Å². The summed E-state index contributed by atoms with van der Waals surface area (Å²) < 4.78 is 5.05. The fourth-order valence-electron chi connectivity index (χ4n) is 13.5. The number of para-hydroxylation sites is 3. The zero-order valence-corrected chi connectivity index (χ0v) is 43.8. The molecule has 12 aromatic carbocycles. The van der Waals surface area contributed by atoms with Crippen LogP contribution in [0.25, 0.3) is 77.2 Å². The summed E-state index contributed by atoms with van der Waals surface area (Å²) in [5.41, 5.74) is 12.1. The van der Waals surface area contributed by atoms with E-state index in [4.69, 9.17) is 0 Å². The zero-order valence-electron chi connectivity index (χ0n) is 41.8. The first-order valence-corrected chi connectivity index (χ1v) is 30.4. The van der Waals surface area contributed by atoms with Crippen molar-refractivity contribution in [3.05, 3.63) is 303 Å². The van der Waals surface area contributed by atoms with Crippen LogP contribution in [-0.4, -0.2) is 25.3 Å². The molecule has 1 aliphatic heterocycles. The molecule has 2 aromatic heterocycles. The van der Waals surface area contributed by atoms with E-state index in [0.29, 0.717) is 0 Å². The number of rotatable bonds is 9. The van der Waals surface area contributed by atoms with Crippen molar-refractivity contribution in [2.24, 2.45) is 0 Å². The largest absolute Gasteiger partial charge is 0.309 e. The lowest BCUT2D eigenvalue weighted by molar-refractivity contribution is 1.17. The molecule has 0 saturated carbocycles. The molecular weight excluding hydrogens is 949 g/mol. The number of fused-ring (bicyclic) bond motifs is 9. The lowest BCUT2D eigenvalue weighted by Crippen LogP contribution is -2.74. The summed E-state index contributed by atoms with van der Waals surface area (Å²) in [4.78, 5) is 0. The van der Waals surface area contributed by atoms with Crippen molar-refractivity contribution in [3.8, 4) is 33.6 Å². The summed E-state index contributed by atoms with van der Waals surface area (Å²) in [7, 11) is -5.36. The molecule has 0 aliphatic carbocycles. The smallest absolute Gasteiger partial charge is 0.180 e. The first-order chi connectivity index (χ1) is 37.7. The highest BCUT2D eigenvalue weighted by molar-refractivity contribution is 7.22. The second-order valence-electron chi connectivity index (χ2n) is 20.3. The van der Waals surface area contributed by atoms with Gasteiger partial charge in [0.05, 0.1) is 27.8 Å². The normalized spacial score (nSPS) is 12.8. The van der Waals surface area contributed by atoms with E-state index in [1.165, 1.54) is 107 Å². The number of nitrogens with zero attached hydrogens (tertiary/aromatic N) is 2. The van der Waals surface area contributed by atoms with Crippen LogP contribution in [0.5, 0.6) is 0 Å². The van der Waals surface area contributed by atoms with Gasteiger partial charge in [-0.3, -0.25) is 0 Å². The van der Waals surface area contributed by atoms with Gasteiger partial charge < -0.3 is 9.13 Å². The monoisotopic (exact) mass is 998 g/mol. The molecule has 4 heteroatoms. The van der Waals surface area contributed by atoms with Crippen LogP contribution in [0.2, 0.25) is 0 Å². The maximum Gasteiger partial charge on any atom is 0.180 e. The molecule has 0 bridgehead atoms. The maximum absolute atomic E-state index is 2.72. The summed E-state index contributed by atoms with van der Waals surface area (Å²) in [5.74, 6) is 0. The van der Waals surface area contributed by atoms with Crippen LogP contribution in [0.15, 0.2) is 303 Å². The Balaban J connectivity index is 0.941. The van der Waals surface area contributed by atoms with E-state index in [-0.39, 0.29) is 0 Å². The van der Waals surface area contributed by atoms with E-state index < -0.39 is 16.1 Å². The van der Waals surface area contributed by atoms with Crippen molar-refractivity contribution in [2.75, 3.05) is 0 Å². The Bertz CT molecular complexity index is 4350. The van der Waals surface area contributed by atoms with Crippen molar-refractivity contribution in [1.29, 1.82) is 0 Å². The van der Waals surface area contributed by atoms with Gasteiger partial charge in [0, 0.05) is 32.8 Å². The Morgan fingerprint density at radius 3 is 1.38 bits per heavy atom. The number of hydrogen-bond donors (Lipinski definition) is 0. The van der Waals surface area contributed by atoms with Gasteiger partial charge in [-0.2, -0.15) is 0 Å². The highest BCUT2D eigenvalue weighted by atomic mass is 28.3. The lowest BCUT2D eigenvalue weighted by atomic mass is 9.97. The van der Waals surface area contributed by atoms with Crippen LogP contribution < -0.4 is 41.5 Å². The Morgan fingerprint density at radius 2 is 0.750 bits per heavy atom. The van der Waals surface area contributed by atoms with Crippen molar-refractivity contribution < 1.29 is 0 Å². The van der Waals surface area contributed by atoms with Crippen LogP contribution in [-0.2, 0) is 0 Å². The first-order valence-electron chi connectivity index (χ1n) is 26.4. The molecule has 0 fully saturated rings. The minimum Gasteiger partial charge on any atom is -0.309 e. The average molecular weight is 999 g/mol. The van der Waals surface area contributed by atoms with E-state index in [2.05, 4.69) is 312 Å². The van der Waals surface area contributed by atoms with Gasteiger partial charge in [-0.1, -0.05) is 261 Å². The molecule has 356 valence electrons. The molecule has 76 heavy (non-hydrogen) atoms. The van der Waals surface area contributed by atoms with E-state index in [9.17, 15) is 0 Å². The molecule has 3 heterocycles. The van der Waals surface area contributed by atoms with Gasteiger partial charge in [-0.05, 0) is 101 Å². The molecule has 2 nitrogen and oxygen atoms in total. The summed E-state index contributed by atoms with van der Waals surface area (Å²) in [6.07, 6.45) is 0. The molecule has 0 spiro atoms. The minimum absolute atomic E-state index is 1.14. The second kappa shape index (κ2) is 17.7. The van der Waals surface area contributed by atoms with Gasteiger partial charge in [0.15, 0.2) is 16.1 Å². The molecule has 0 N–H and O–H groups in total. The minimum atomic E-state index is -2.72. The summed E-state index contributed by atoms with van der Waals surface area (Å²) in [5, 5.41) is 16.1. The topological polar surface area (TPSA) is 9.86 Å². The Labute approximate surface area is 444 Å². The molecule has 0 saturated heterocycles. The molecule has 0 amide bonds. The third-order valence-corrected chi connectivity index (χ3v) is 26.2. The molecule has 1 aliphatic rings. The SMILES string of the molecule is c1ccc([Si](c2ccccc2)(c2ccccc2)c2ccc(-n3c4ccccc4c4c(-n5c6ccccc6c6cccc(-c7ccc8c(c7)-c7ccccc7[Si]8(c7ccccc7)c7ccccc7)c65)cccc43)cc2)cc1. The number of hydrogen-bond acceptors (Lipinski definition) is 0. The first kappa shape index (κ1) is 44.2. The van der Waals surface area contributed by atoms with Gasteiger partial charge in [0.25, 0.3) is 0 Å². The average Bonchev–Trinajstić information content (AvgIpc) is 4.16. The van der Waals surface area contributed by atoms with Crippen LogP contribution in [0.3, 0.4) is 0 Å². The Kier molecular flexibility index (Phi) is 10.3. The van der Waals surface area contributed by atoms with Gasteiger partial charge in [0.1, 0.15) is 0 Å². The molecular formula is C72H50N2Si2. The maximum atomic E-state index is 2.57. The van der Waals surface area contributed by atoms with Crippen LogP contribution in [0, 0.1) is 0 Å². The zero-order chi connectivity index (χ0) is 50.2. The summed E-state index contributed by atoms with van der Waals surface area (Å²) >= 11 is 0. The van der Waals surface area contributed by atoms with Crippen LogP contribution in [0.4, 0.5) is 0 Å². The Morgan fingerprint density at radius 1 is 0.289 bits per heavy atom. The van der Waals surface area contributed by atoms with Crippen molar-refractivity contribution in [2.45, 2.75) is 0 Å². The van der Waals surface area contributed by atoms with Crippen LogP contribution in [0.1, 0.15) is 0 Å². The molecule has 14 aromatic rings. The molecule has 0 atom stereocenters. The van der Waals surface area contributed by atoms with Gasteiger partial charge in [0.2, 0.25) is 0 Å². The molecule has 0 radical (unpaired) electrons. The van der Waals surface area contributed by atoms with Gasteiger partial charge >= 0.3 is 0 Å². The third kappa shape index (κ3) is 6.38. The predicted octanol–water partition coefficient (Wildman–Crippen LogP) is 12.3. The highest BCUT2D eigenvalue weighted by Gasteiger charge is 2.48. The van der Waals surface area contributed by atoms with Crippen molar-refractivity contribution in [3.63, 3.8) is 0 Å². The quantitative estimate of drug-likeness (QED) is 0.101. The van der Waals surface area contributed by atoms with E-state index >= 15 is 0 Å². The standard InChI is InChI=1S/C72H50N2Si2/c1-6-24-53(25-7-1)75(54-26-8-2-9-27-54,55-28-10-3-11-29-55)58-47-45-52(46-48-58)73-66-40-20-17-36-63(66)71-67(73)41-23-42-68(71)74-65-39-19-16-34-60(65)62-38-22-37-59(72(62)74)51-44-49-70-64(50-51)61-35-18-21-43-69(61)76(70,56-30-12-4-13-31-56)57-32-14-5-15-33-57/h1-50H. The number of benzene rings is 12. The van der Waals surface area contributed by atoms with Crippen LogP contribution >= 0.6 is 0 Å². The number of aromatic nitrogens is 2. The van der Waals surface area contributed by atoms with E-state index in [1.807, 2.05) is 0 Å². The summed E-state index contributed by atoms with van der Waals surface area (Å²) in [6.45, 7) is 0. The summed E-state index contributed by atoms with van der Waals surface area (Å²) in [6, 6.07) is 114. The fourth-order valence-corrected chi connectivity index (χ4v) is 23.4. The Hall–Kier alpha value is -9.33. The lowest BCUT2D eigenvalue weighted by Gasteiger charge is -2.34.